The van der Waals surface area contributed by atoms with Crippen LogP contribution in [-0.2, 0) is 4.74 Å². The zero-order valence-electron chi connectivity index (χ0n) is 15.2. The van der Waals surface area contributed by atoms with Crippen molar-refractivity contribution in [2.24, 2.45) is 5.92 Å². The maximum absolute atomic E-state index is 12.5. The Morgan fingerprint density at radius 2 is 1.69 bits per heavy atom. The zero-order chi connectivity index (χ0) is 18.9. The van der Waals surface area contributed by atoms with Crippen LogP contribution in [0.2, 0.25) is 0 Å². The van der Waals surface area contributed by atoms with Gasteiger partial charge >= 0.3 is 6.09 Å². The minimum Gasteiger partial charge on any atom is -0.493 e. The Bertz CT molecular complexity index is 759. The number of rotatable bonds is 7. The Labute approximate surface area is 153 Å². The van der Waals surface area contributed by atoms with E-state index in [1.807, 2.05) is 26.8 Å². The van der Waals surface area contributed by atoms with E-state index >= 15 is 0 Å². The first-order chi connectivity index (χ1) is 12.5. The largest absolute Gasteiger partial charge is 0.493 e. The monoisotopic (exact) mass is 356 g/mol. The van der Waals surface area contributed by atoms with Gasteiger partial charge in [-0.25, -0.2) is 4.79 Å². The van der Waals surface area contributed by atoms with Crippen molar-refractivity contribution in [2.45, 2.75) is 20.8 Å². The fourth-order valence-corrected chi connectivity index (χ4v) is 2.21. The average Bonchev–Trinajstić information content (AvgIpc) is 2.61. The molecule has 0 bridgehead atoms. The van der Waals surface area contributed by atoms with Gasteiger partial charge in [-0.05, 0) is 43.2 Å². The first kappa shape index (κ1) is 19.3. The van der Waals surface area contributed by atoms with Crippen molar-refractivity contribution in [2.75, 3.05) is 23.8 Å². The molecular weight excluding hydrogens is 332 g/mol. The van der Waals surface area contributed by atoms with Crippen LogP contribution in [0, 0.1) is 5.92 Å². The molecular formula is C20H24N2O4. The van der Waals surface area contributed by atoms with Gasteiger partial charge < -0.3 is 14.8 Å². The molecule has 0 fully saturated rings. The van der Waals surface area contributed by atoms with Crippen molar-refractivity contribution in [1.82, 2.24) is 0 Å². The van der Waals surface area contributed by atoms with E-state index in [1.165, 1.54) is 0 Å². The average molecular weight is 356 g/mol. The second kappa shape index (κ2) is 9.46. The van der Waals surface area contributed by atoms with Gasteiger partial charge in [0.05, 0.1) is 18.8 Å². The Morgan fingerprint density at radius 3 is 2.38 bits per heavy atom. The standard InChI is InChI=1S/C20H24N2O4/c1-4-25-18-11-6-5-10-17(18)19(23)21-15-8-7-9-16(12-15)22-20(24)26-13-14(2)3/h5-12,14H,4,13H2,1-3H3,(H,21,23)(H,22,24). The lowest BCUT2D eigenvalue weighted by atomic mass is 10.2. The van der Waals surface area contributed by atoms with Crippen LogP contribution in [0.1, 0.15) is 31.1 Å². The SMILES string of the molecule is CCOc1ccccc1C(=O)Nc1cccc(NC(=O)OCC(C)C)c1. The normalized spacial score (nSPS) is 10.3. The number of hydrogen-bond donors (Lipinski definition) is 2. The molecule has 6 heteroatoms. The molecule has 0 aromatic heterocycles. The van der Waals surface area contributed by atoms with Gasteiger partial charge in [0.25, 0.3) is 5.91 Å². The zero-order valence-corrected chi connectivity index (χ0v) is 15.2. The van der Waals surface area contributed by atoms with E-state index in [0.29, 0.717) is 35.9 Å². The van der Waals surface area contributed by atoms with Crippen LogP contribution >= 0.6 is 0 Å². The predicted molar refractivity (Wildman–Crippen MR) is 102 cm³/mol. The molecule has 0 aliphatic rings. The van der Waals surface area contributed by atoms with Crippen LogP contribution in [0.5, 0.6) is 5.75 Å². The molecule has 0 unspecified atom stereocenters. The van der Waals surface area contributed by atoms with E-state index in [1.54, 1.807) is 42.5 Å². The van der Waals surface area contributed by atoms with Crippen LogP contribution in [0.15, 0.2) is 48.5 Å². The number of benzene rings is 2. The molecule has 0 atom stereocenters. The summed E-state index contributed by atoms with van der Waals surface area (Å²) in [5.41, 5.74) is 1.54. The molecule has 2 aromatic rings. The van der Waals surface area contributed by atoms with E-state index in [4.69, 9.17) is 9.47 Å². The minimum atomic E-state index is -0.524. The smallest absolute Gasteiger partial charge is 0.411 e. The van der Waals surface area contributed by atoms with Crippen molar-refractivity contribution < 1.29 is 19.1 Å². The lowest BCUT2D eigenvalue weighted by molar-refractivity contribution is 0.102. The number of anilines is 2. The molecule has 0 aliphatic heterocycles. The first-order valence-electron chi connectivity index (χ1n) is 8.56. The van der Waals surface area contributed by atoms with E-state index in [0.717, 1.165) is 0 Å². The van der Waals surface area contributed by atoms with Crippen molar-refractivity contribution in [3.63, 3.8) is 0 Å². The Kier molecular flexibility index (Phi) is 7.02. The Hall–Kier alpha value is -3.02. The van der Waals surface area contributed by atoms with Gasteiger partial charge in [0.2, 0.25) is 0 Å². The van der Waals surface area contributed by atoms with Gasteiger partial charge in [0.1, 0.15) is 5.75 Å². The van der Waals surface area contributed by atoms with E-state index < -0.39 is 6.09 Å². The van der Waals surface area contributed by atoms with Gasteiger partial charge in [-0.3, -0.25) is 10.1 Å². The molecule has 0 saturated heterocycles. The third-order valence-corrected chi connectivity index (χ3v) is 3.35. The first-order valence-corrected chi connectivity index (χ1v) is 8.56. The van der Waals surface area contributed by atoms with Crippen LogP contribution in [-0.4, -0.2) is 25.2 Å². The highest BCUT2D eigenvalue weighted by molar-refractivity contribution is 6.06. The number of nitrogens with one attached hydrogen (secondary N) is 2. The topological polar surface area (TPSA) is 76.7 Å². The molecule has 2 N–H and O–H groups in total. The lowest BCUT2D eigenvalue weighted by Crippen LogP contribution is -2.17. The van der Waals surface area contributed by atoms with Crippen molar-refractivity contribution in [3.05, 3.63) is 54.1 Å². The highest BCUT2D eigenvalue weighted by Crippen LogP contribution is 2.21. The second-order valence-electron chi connectivity index (χ2n) is 6.08. The van der Waals surface area contributed by atoms with E-state index in [2.05, 4.69) is 10.6 Å². The molecule has 2 amide bonds. The summed E-state index contributed by atoms with van der Waals surface area (Å²) in [7, 11) is 0. The van der Waals surface area contributed by atoms with Gasteiger partial charge in [-0.2, -0.15) is 0 Å². The number of para-hydroxylation sites is 1. The Balaban J connectivity index is 2.04. The van der Waals surface area contributed by atoms with Gasteiger partial charge in [-0.1, -0.05) is 32.0 Å². The van der Waals surface area contributed by atoms with Crippen LogP contribution in [0.4, 0.5) is 16.2 Å². The van der Waals surface area contributed by atoms with Crippen LogP contribution < -0.4 is 15.4 Å². The summed E-state index contributed by atoms with van der Waals surface area (Å²) in [6.07, 6.45) is -0.524. The minimum absolute atomic E-state index is 0.261. The summed E-state index contributed by atoms with van der Waals surface area (Å²) in [6, 6.07) is 13.9. The molecule has 0 aliphatic carbocycles. The second-order valence-corrected chi connectivity index (χ2v) is 6.08. The van der Waals surface area contributed by atoms with Crippen molar-refractivity contribution in [1.29, 1.82) is 0 Å². The number of carbonyl (C=O) groups is 2. The molecule has 138 valence electrons. The quantitative estimate of drug-likeness (QED) is 0.763. The maximum atomic E-state index is 12.5. The molecule has 6 nitrogen and oxygen atoms in total. The van der Waals surface area contributed by atoms with Crippen LogP contribution in [0.3, 0.4) is 0 Å². The van der Waals surface area contributed by atoms with Crippen molar-refractivity contribution in [3.8, 4) is 5.75 Å². The Morgan fingerprint density at radius 1 is 1.00 bits per heavy atom. The maximum Gasteiger partial charge on any atom is 0.411 e. The summed E-state index contributed by atoms with van der Waals surface area (Å²) in [4.78, 5) is 24.3. The third kappa shape index (κ3) is 5.81. The highest BCUT2D eigenvalue weighted by Gasteiger charge is 2.12. The summed E-state index contributed by atoms with van der Waals surface area (Å²) >= 11 is 0. The summed E-state index contributed by atoms with van der Waals surface area (Å²) in [5.74, 6) is 0.504. The number of hydrogen-bond acceptors (Lipinski definition) is 4. The molecule has 0 heterocycles. The highest BCUT2D eigenvalue weighted by atomic mass is 16.5. The predicted octanol–water partition coefficient (Wildman–Crippen LogP) is 4.54. The van der Waals surface area contributed by atoms with Gasteiger partial charge in [-0.15, -0.1) is 0 Å². The summed E-state index contributed by atoms with van der Waals surface area (Å²) in [6.45, 7) is 6.61. The fraction of sp³-hybridized carbons (Fsp3) is 0.300. The molecule has 0 radical (unpaired) electrons. The van der Waals surface area contributed by atoms with E-state index in [-0.39, 0.29) is 11.8 Å². The molecule has 26 heavy (non-hydrogen) atoms. The number of ether oxygens (including phenoxy) is 2. The van der Waals surface area contributed by atoms with Gasteiger partial charge in [0, 0.05) is 11.4 Å². The third-order valence-electron chi connectivity index (χ3n) is 3.35. The van der Waals surface area contributed by atoms with Crippen molar-refractivity contribution >= 4 is 23.4 Å². The lowest BCUT2D eigenvalue weighted by Gasteiger charge is -2.12. The molecule has 2 aromatic carbocycles. The number of amides is 2. The van der Waals surface area contributed by atoms with Crippen LogP contribution in [0.25, 0.3) is 0 Å². The molecule has 0 spiro atoms. The summed E-state index contributed by atoms with van der Waals surface area (Å²) in [5, 5.41) is 5.46. The fourth-order valence-electron chi connectivity index (χ4n) is 2.21. The van der Waals surface area contributed by atoms with E-state index in [9.17, 15) is 9.59 Å². The molecule has 0 saturated carbocycles. The number of carbonyl (C=O) groups excluding carboxylic acids is 2. The summed E-state index contributed by atoms with van der Waals surface area (Å²) < 4.78 is 10.6. The van der Waals surface area contributed by atoms with Gasteiger partial charge in [0.15, 0.2) is 0 Å². The molecule has 2 rings (SSSR count).